The van der Waals surface area contributed by atoms with Gasteiger partial charge in [-0.25, -0.2) is 0 Å². The second kappa shape index (κ2) is 6.53. The fourth-order valence-corrected chi connectivity index (χ4v) is 2.26. The van der Waals surface area contributed by atoms with E-state index in [1.165, 1.54) is 5.56 Å². The van der Waals surface area contributed by atoms with Crippen LogP contribution in [0.3, 0.4) is 0 Å². The zero-order valence-corrected chi connectivity index (χ0v) is 13.1. The minimum absolute atomic E-state index is 0.152. The molecule has 0 atom stereocenters. The second-order valence-electron chi connectivity index (χ2n) is 4.68. The minimum atomic E-state index is -0.152. The highest BCUT2D eigenvalue weighted by Gasteiger charge is 2.08. The van der Waals surface area contributed by atoms with E-state index in [2.05, 4.69) is 21.2 Å². The van der Waals surface area contributed by atoms with Crippen LogP contribution in [-0.2, 0) is 4.79 Å². The maximum Gasteiger partial charge on any atom is 0.262 e. The number of amides is 1. The molecule has 20 heavy (non-hydrogen) atoms. The van der Waals surface area contributed by atoms with Crippen LogP contribution < -0.4 is 5.32 Å². The molecule has 3 heteroatoms. The van der Waals surface area contributed by atoms with E-state index in [0.29, 0.717) is 4.48 Å². The highest BCUT2D eigenvalue weighted by Crippen LogP contribution is 2.19. The van der Waals surface area contributed by atoms with Crippen molar-refractivity contribution in [2.45, 2.75) is 13.8 Å². The topological polar surface area (TPSA) is 29.1 Å². The molecule has 0 radical (unpaired) electrons. The number of carbonyl (C=O) groups is 1. The van der Waals surface area contributed by atoms with Gasteiger partial charge in [0.15, 0.2) is 0 Å². The molecular formula is C17H16BrNO. The number of nitrogens with one attached hydrogen (secondary N) is 1. The second-order valence-corrected chi connectivity index (χ2v) is 5.53. The van der Waals surface area contributed by atoms with Gasteiger partial charge in [0.25, 0.3) is 5.91 Å². The monoisotopic (exact) mass is 329 g/mol. The summed E-state index contributed by atoms with van der Waals surface area (Å²) in [5, 5.41) is 2.90. The van der Waals surface area contributed by atoms with Gasteiger partial charge in [-0.3, -0.25) is 4.79 Å². The lowest BCUT2D eigenvalue weighted by Crippen LogP contribution is -2.12. The predicted octanol–water partition coefficient (Wildman–Crippen LogP) is 4.68. The first-order chi connectivity index (χ1) is 9.56. The molecule has 0 aliphatic rings. The first-order valence-electron chi connectivity index (χ1n) is 6.37. The average Bonchev–Trinajstić information content (AvgIpc) is 2.43. The van der Waals surface area contributed by atoms with Crippen molar-refractivity contribution >= 4 is 33.6 Å². The van der Waals surface area contributed by atoms with Gasteiger partial charge in [-0.15, -0.1) is 0 Å². The number of hydrogen-bond donors (Lipinski definition) is 1. The maximum atomic E-state index is 12.1. The van der Waals surface area contributed by atoms with Gasteiger partial charge in [-0.05, 0) is 53.0 Å². The van der Waals surface area contributed by atoms with Crippen molar-refractivity contribution in [3.63, 3.8) is 0 Å². The average molecular weight is 330 g/mol. The van der Waals surface area contributed by atoms with E-state index in [4.69, 9.17) is 0 Å². The van der Waals surface area contributed by atoms with Gasteiger partial charge >= 0.3 is 0 Å². The molecule has 0 unspecified atom stereocenters. The molecule has 0 aromatic heterocycles. The minimum Gasteiger partial charge on any atom is -0.321 e. The van der Waals surface area contributed by atoms with Crippen LogP contribution in [0, 0.1) is 13.8 Å². The first-order valence-corrected chi connectivity index (χ1v) is 7.16. The molecular weight excluding hydrogens is 314 g/mol. The quantitative estimate of drug-likeness (QED) is 0.814. The molecule has 0 saturated heterocycles. The van der Waals surface area contributed by atoms with Crippen LogP contribution in [0.5, 0.6) is 0 Å². The Kier molecular flexibility index (Phi) is 4.74. The Bertz CT molecular complexity index is 647. The Hall–Kier alpha value is -1.87. The summed E-state index contributed by atoms with van der Waals surface area (Å²) in [6, 6.07) is 15.7. The third-order valence-corrected chi connectivity index (χ3v) is 3.53. The van der Waals surface area contributed by atoms with Crippen molar-refractivity contribution in [2.75, 3.05) is 5.32 Å². The third-order valence-electron chi connectivity index (χ3n) is 2.94. The summed E-state index contributed by atoms with van der Waals surface area (Å²) in [7, 11) is 0. The molecule has 1 N–H and O–H groups in total. The molecule has 2 aromatic rings. The molecule has 0 aliphatic carbocycles. The molecule has 102 valence electrons. The molecule has 0 heterocycles. The summed E-state index contributed by atoms with van der Waals surface area (Å²) < 4.78 is 0.503. The Morgan fingerprint density at radius 3 is 2.45 bits per heavy atom. The zero-order valence-electron chi connectivity index (χ0n) is 11.5. The molecule has 2 rings (SSSR count). The number of rotatable bonds is 3. The number of aryl methyl sites for hydroxylation is 2. The van der Waals surface area contributed by atoms with Crippen LogP contribution >= 0.6 is 15.9 Å². The van der Waals surface area contributed by atoms with Gasteiger partial charge in [-0.1, -0.05) is 48.0 Å². The number of anilines is 1. The van der Waals surface area contributed by atoms with Crippen LogP contribution in [0.2, 0.25) is 0 Å². The Labute approximate surface area is 127 Å². The predicted molar refractivity (Wildman–Crippen MR) is 87.9 cm³/mol. The lowest BCUT2D eigenvalue weighted by atomic mass is 10.1. The molecule has 0 bridgehead atoms. The Morgan fingerprint density at radius 1 is 1.10 bits per heavy atom. The van der Waals surface area contributed by atoms with E-state index >= 15 is 0 Å². The summed E-state index contributed by atoms with van der Waals surface area (Å²) >= 11 is 3.33. The summed E-state index contributed by atoms with van der Waals surface area (Å²) in [5.74, 6) is -0.152. The molecule has 2 nitrogen and oxygen atoms in total. The largest absolute Gasteiger partial charge is 0.321 e. The van der Waals surface area contributed by atoms with Crippen molar-refractivity contribution in [1.82, 2.24) is 0 Å². The van der Waals surface area contributed by atoms with Crippen molar-refractivity contribution in [1.29, 1.82) is 0 Å². The summed E-state index contributed by atoms with van der Waals surface area (Å²) in [4.78, 5) is 12.1. The van der Waals surface area contributed by atoms with E-state index < -0.39 is 0 Å². The van der Waals surface area contributed by atoms with Crippen molar-refractivity contribution in [2.24, 2.45) is 0 Å². The summed E-state index contributed by atoms with van der Waals surface area (Å²) in [6.45, 7) is 4.02. The molecule has 0 saturated carbocycles. The lowest BCUT2D eigenvalue weighted by Gasteiger charge is -2.08. The van der Waals surface area contributed by atoms with E-state index in [1.807, 2.05) is 62.4 Å². The number of carbonyl (C=O) groups excluding carboxylic acids is 1. The lowest BCUT2D eigenvalue weighted by molar-refractivity contribution is -0.112. The van der Waals surface area contributed by atoms with Gasteiger partial charge in [-0.2, -0.15) is 0 Å². The van der Waals surface area contributed by atoms with Crippen molar-refractivity contribution in [3.05, 3.63) is 69.7 Å². The highest BCUT2D eigenvalue weighted by molar-refractivity contribution is 9.12. The van der Waals surface area contributed by atoms with E-state index in [-0.39, 0.29) is 5.91 Å². The van der Waals surface area contributed by atoms with Crippen LogP contribution in [0.15, 0.2) is 53.0 Å². The number of halogens is 1. The molecule has 0 fully saturated rings. The number of hydrogen-bond acceptors (Lipinski definition) is 1. The van der Waals surface area contributed by atoms with Crippen molar-refractivity contribution < 1.29 is 4.79 Å². The normalized spacial score (nSPS) is 11.2. The summed E-state index contributed by atoms with van der Waals surface area (Å²) in [5.41, 5.74) is 4.05. The number of benzene rings is 2. The van der Waals surface area contributed by atoms with Crippen molar-refractivity contribution in [3.8, 4) is 0 Å². The molecule has 1 amide bonds. The smallest absolute Gasteiger partial charge is 0.262 e. The van der Waals surface area contributed by atoms with Crippen LogP contribution in [-0.4, -0.2) is 5.91 Å². The Balaban J connectivity index is 2.14. The van der Waals surface area contributed by atoms with Gasteiger partial charge < -0.3 is 5.32 Å². The first kappa shape index (κ1) is 14.5. The van der Waals surface area contributed by atoms with Gasteiger partial charge in [0, 0.05) is 5.69 Å². The standard InChI is InChI=1S/C17H16BrNO/c1-12-8-9-16(13(2)10-12)19-17(20)15(18)11-14-6-4-3-5-7-14/h3-11H,1-2H3,(H,19,20)/b15-11+. The van der Waals surface area contributed by atoms with E-state index in [9.17, 15) is 4.79 Å². The molecule has 0 aliphatic heterocycles. The molecule has 0 spiro atoms. The van der Waals surface area contributed by atoms with Crippen LogP contribution in [0.4, 0.5) is 5.69 Å². The van der Waals surface area contributed by atoms with Gasteiger partial charge in [0.05, 0.1) is 4.48 Å². The van der Waals surface area contributed by atoms with E-state index in [0.717, 1.165) is 16.8 Å². The third kappa shape index (κ3) is 3.81. The van der Waals surface area contributed by atoms with Gasteiger partial charge in [0.1, 0.15) is 0 Å². The fourth-order valence-electron chi connectivity index (χ4n) is 1.90. The van der Waals surface area contributed by atoms with Gasteiger partial charge in [0.2, 0.25) is 0 Å². The fraction of sp³-hybridized carbons (Fsp3) is 0.118. The SMILES string of the molecule is Cc1ccc(NC(=O)/C(Br)=C\c2ccccc2)c(C)c1. The summed E-state index contributed by atoms with van der Waals surface area (Å²) in [6.07, 6.45) is 1.80. The zero-order chi connectivity index (χ0) is 14.5. The maximum absolute atomic E-state index is 12.1. The van der Waals surface area contributed by atoms with E-state index in [1.54, 1.807) is 6.08 Å². The molecule has 2 aromatic carbocycles. The Morgan fingerprint density at radius 2 is 1.80 bits per heavy atom. The highest BCUT2D eigenvalue weighted by atomic mass is 79.9. The van der Waals surface area contributed by atoms with Crippen LogP contribution in [0.1, 0.15) is 16.7 Å². The van der Waals surface area contributed by atoms with Crippen LogP contribution in [0.25, 0.3) is 6.08 Å².